The number of hydrogen-bond acceptors (Lipinski definition) is 2. The van der Waals surface area contributed by atoms with Gasteiger partial charge in [-0.15, -0.1) is 0 Å². The molecule has 4 heteroatoms. The molecule has 0 radical (unpaired) electrons. The molecule has 25 heavy (non-hydrogen) atoms. The Kier molecular flexibility index (Phi) is 5.46. The quantitative estimate of drug-likeness (QED) is 0.547. The molecular weight excluding hydrogens is 339 g/mol. The molecule has 0 spiro atoms. The average molecular weight is 355 g/mol. The van der Waals surface area contributed by atoms with Gasteiger partial charge in [-0.25, -0.2) is 4.39 Å². The third kappa shape index (κ3) is 4.68. The molecule has 0 aromatic heterocycles. The molecule has 0 unspecified atom stereocenters. The van der Waals surface area contributed by atoms with Crippen molar-refractivity contribution in [3.8, 4) is 5.75 Å². The van der Waals surface area contributed by atoms with Gasteiger partial charge in [0, 0.05) is 17.0 Å². The molecule has 0 saturated carbocycles. The molecule has 0 aliphatic heterocycles. The number of hydrogen-bond donors (Lipinski definition) is 0. The minimum atomic E-state index is -0.475. The fraction of sp³-hybridized carbons (Fsp3) is 0.0952. The predicted molar refractivity (Wildman–Crippen MR) is 96.7 cm³/mol. The van der Waals surface area contributed by atoms with Crippen LogP contribution in [0.5, 0.6) is 5.75 Å². The highest BCUT2D eigenvalue weighted by atomic mass is 35.5. The molecule has 0 heterocycles. The Morgan fingerprint density at radius 2 is 1.76 bits per heavy atom. The van der Waals surface area contributed by atoms with Crippen molar-refractivity contribution < 1.29 is 13.9 Å². The summed E-state index contributed by atoms with van der Waals surface area (Å²) in [7, 11) is 0. The lowest BCUT2D eigenvalue weighted by molar-refractivity contribution is 0.0991. The Morgan fingerprint density at radius 1 is 0.960 bits per heavy atom. The van der Waals surface area contributed by atoms with Crippen molar-refractivity contribution in [3.63, 3.8) is 0 Å². The molecule has 0 amide bonds. The van der Waals surface area contributed by atoms with Crippen molar-refractivity contribution in [1.29, 1.82) is 0 Å². The minimum absolute atomic E-state index is 0.0227. The summed E-state index contributed by atoms with van der Waals surface area (Å²) in [5, 5.41) is 0.310. The second kappa shape index (κ2) is 7.95. The van der Waals surface area contributed by atoms with E-state index in [2.05, 4.69) is 0 Å². The van der Waals surface area contributed by atoms with Gasteiger partial charge in [-0.2, -0.15) is 0 Å². The molecule has 0 bridgehead atoms. The zero-order valence-corrected chi connectivity index (χ0v) is 14.2. The average Bonchev–Trinajstić information content (AvgIpc) is 2.63. The van der Waals surface area contributed by atoms with Crippen LogP contribution in [-0.4, -0.2) is 5.78 Å². The van der Waals surface area contributed by atoms with Crippen molar-refractivity contribution in [1.82, 2.24) is 0 Å². The lowest BCUT2D eigenvalue weighted by Gasteiger charge is -2.08. The van der Waals surface area contributed by atoms with Crippen molar-refractivity contribution in [2.45, 2.75) is 13.0 Å². The van der Waals surface area contributed by atoms with E-state index in [4.69, 9.17) is 16.3 Å². The molecule has 0 N–H and O–H groups in total. The number of halogens is 2. The number of ketones is 1. The first-order valence-electron chi connectivity index (χ1n) is 7.86. The molecular formula is C21H16ClFO2. The Balaban J connectivity index is 1.69. The van der Waals surface area contributed by atoms with Crippen LogP contribution < -0.4 is 4.74 Å². The molecule has 0 fully saturated rings. The Labute approximate surface area is 150 Å². The highest BCUT2D eigenvalue weighted by molar-refractivity contribution is 6.30. The van der Waals surface area contributed by atoms with E-state index >= 15 is 0 Å². The van der Waals surface area contributed by atoms with E-state index in [1.165, 1.54) is 12.1 Å². The van der Waals surface area contributed by atoms with Crippen LogP contribution in [-0.2, 0) is 13.0 Å². The van der Waals surface area contributed by atoms with E-state index in [0.717, 1.165) is 5.56 Å². The van der Waals surface area contributed by atoms with Gasteiger partial charge >= 0.3 is 0 Å². The van der Waals surface area contributed by atoms with Gasteiger partial charge in [0.1, 0.15) is 18.2 Å². The van der Waals surface area contributed by atoms with Crippen LogP contribution in [0.25, 0.3) is 0 Å². The van der Waals surface area contributed by atoms with Gasteiger partial charge in [0.15, 0.2) is 5.78 Å². The zero-order valence-electron chi connectivity index (χ0n) is 13.4. The second-order valence-corrected chi connectivity index (χ2v) is 6.07. The van der Waals surface area contributed by atoms with Gasteiger partial charge in [0.2, 0.25) is 0 Å². The molecule has 3 rings (SSSR count). The van der Waals surface area contributed by atoms with E-state index < -0.39 is 5.82 Å². The maximum Gasteiger partial charge on any atom is 0.167 e. The zero-order chi connectivity index (χ0) is 17.6. The van der Waals surface area contributed by atoms with E-state index in [9.17, 15) is 9.18 Å². The number of carbonyl (C=O) groups excluding carboxylic acids is 1. The van der Waals surface area contributed by atoms with Crippen LogP contribution in [0.2, 0.25) is 5.02 Å². The molecule has 0 saturated heterocycles. The first kappa shape index (κ1) is 17.2. The summed E-state index contributed by atoms with van der Waals surface area (Å²) in [6.45, 7) is 0.421. The third-order valence-electron chi connectivity index (χ3n) is 3.77. The van der Waals surface area contributed by atoms with Crippen LogP contribution in [0.1, 0.15) is 21.5 Å². The molecule has 126 valence electrons. The molecule has 2 nitrogen and oxygen atoms in total. The summed E-state index contributed by atoms with van der Waals surface area (Å²) in [5.41, 5.74) is 1.85. The van der Waals surface area contributed by atoms with Gasteiger partial charge < -0.3 is 4.74 Å². The number of Topliss-reactive ketones (excluding diaryl/α,β-unsaturated/α-hetero) is 1. The van der Waals surface area contributed by atoms with Gasteiger partial charge in [-0.1, -0.05) is 60.1 Å². The van der Waals surface area contributed by atoms with E-state index in [1.807, 2.05) is 30.3 Å². The SMILES string of the molecule is O=C(Cc1ccc(Cl)cc1F)c1cccc(OCc2ccccc2)c1. The minimum Gasteiger partial charge on any atom is -0.489 e. The maximum atomic E-state index is 13.9. The van der Waals surface area contributed by atoms with Crippen molar-refractivity contribution in [2.24, 2.45) is 0 Å². The van der Waals surface area contributed by atoms with Crippen molar-refractivity contribution >= 4 is 17.4 Å². The third-order valence-corrected chi connectivity index (χ3v) is 4.01. The van der Waals surface area contributed by atoms with Gasteiger partial charge in [-0.05, 0) is 35.4 Å². The summed E-state index contributed by atoms with van der Waals surface area (Å²) in [6, 6.07) is 21.0. The number of ether oxygens (including phenoxy) is 1. The summed E-state index contributed by atoms with van der Waals surface area (Å²) < 4.78 is 19.6. The Bertz CT molecular complexity index is 878. The normalized spacial score (nSPS) is 10.5. The first-order chi connectivity index (χ1) is 12.1. The summed E-state index contributed by atoms with van der Waals surface area (Å²) >= 11 is 5.74. The molecule has 0 atom stereocenters. The van der Waals surface area contributed by atoms with Crippen LogP contribution >= 0.6 is 11.6 Å². The van der Waals surface area contributed by atoms with E-state index in [0.29, 0.717) is 28.5 Å². The lowest BCUT2D eigenvalue weighted by Crippen LogP contribution is -2.06. The van der Waals surface area contributed by atoms with Crippen LogP contribution in [0.15, 0.2) is 72.8 Å². The molecule has 3 aromatic carbocycles. The molecule has 0 aliphatic carbocycles. The topological polar surface area (TPSA) is 26.3 Å². The van der Waals surface area contributed by atoms with Crippen LogP contribution in [0, 0.1) is 5.82 Å². The monoisotopic (exact) mass is 354 g/mol. The maximum absolute atomic E-state index is 13.9. The number of benzene rings is 3. The summed E-state index contributed by atoms with van der Waals surface area (Å²) in [5.74, 6) is -0.0463. The largest absolute Gasteiger partial charge is 0.489 e. The van der Waals surface area contributed by atoms with Crippen molar-refractivity contribution in [3.05, 3.63) is 100 Å². The van der Waals surface area contributed by atoms with Crippen LogP contribution in [0.4, 0.5) is 4.39 Å². The summed E-state index contributed by atoms with van der Waals surface area (Å²) in [4.78, 5) is 12.4. The van der Waals surface area contributed by atoms with Crippen LogP contribution in [0.3, 0.4) is 0 Å². The van der Waals surface area contributed by atoms with Gasteiger partial charge in [-0.3, -0.25) is 4.79 Å². The fourth-order valence-corrected chi connectivity index (χ4v) is 2.60. The lowest BCUT2D eigenvalue weighted by atomic mass is 10.0. The molecule has 3 aromatic rings. The first-order valence-corrected chi connectivity index (χ1v) is 8.23. The Morgan fingerprint density at radius 3 is 2.52 bits per heavy atom. The highest BCUT2D eigenvalue weighted by Crippen LogP contribution is 2.19. The van der Waals surface area contributed by atoms with Crippen molar-refractivity contribution in [2.75, 3.05) is 0 Å². The predicted octanol–water partition coefficient (Wildman–Crippen LogP) is 5.48. The standard InChI is InChI=1S/C21H16ClFO2/c22-18-10-9-16(20(23)13-18)12-21(24)17-7-4-8-19(11-17)25-14-15-5-2-1-3-6-15/h1-11,13H,12,14H2. The number of carbonyl (C=O) groups is 1. The summed E-state index contributed by atoms with van der Waals surface area (Å²) in [6.07, 6.45) is -0.0227. The molecule has 0 aliphatic rings. The second-order valence-electron chi connectivity index (χ2n) is 5.64. The Hall–Kier alpha value is -2.65. The number of rotatable bonds is 6. The van der Waals surface area contributed by atoms with E-state index in [1.54, 1.807) is 30.3 Å². The van der Waals surface area contributed by atoms with Gasteiger partial charge in [0.25, 0.3) is 0 Å². The fourth-order valence-electron chi connectivity index (χ4n) is 2.44. The van der Waals surface area contributed by atoms with Gasteiger partial charge in [0.05, 0.1) is 0 Å². The van der Waals surface area contributed by atoms with E-state index in [-0.39, 0.29) is 12.2 Å². The highest BCUT2D eigenvalue weighted by Gasteiger charge is 2.12. The smallest absolute Gasteiger partial charge is 0.167 e.